The first-order chi connectivity index (χ1) is 13.4. The molecule has 1 aromatic heterocycles. The molecule has 2 heterocycles. The van der Waals surface area contributed by atoms with Crippen molar-refractivity contribution >= 4 is 29.2 Å². The number of ether oxygens (including phenoxy) is 1. The summed E-state index contributed by atoms with van der Waals surface area (Å²) in [4.78, 5) is 38.4. The Morgan fingerprint density at radius 2 is 2.07 bits per heavy atom. The summed E-state index contributed by atoms with van der Waals surface area (Å²) in [6, 6.07) is 6.72. The van der Waals surface area contributed by atoms with Gasteiger partial charge in [0.05, 0.1) is 17.1 Å². The van der Waals surface area contributed by atoms with Crippen LogP contribution >= 0.6 is 0 Å². The number of hydrogen-bond donors (Lipinski definition) is 1. The number of amides is 2. The van der Waals surface area contributed by atoms with Crippen molar-refractivity contribution in [1.29, 1.82) is 0 Å². The molecule has 148 valence electrons. The first-order valence-electron chi connectivity index (χ1n) is 9.15. The fourth-order valence-electron chi connectivity index (χ4n) is 3.34. The predicted molar refractivity (Wildman–Crippen MR) is 102 cm³/mol. The number of carbonyl (C=O) groups excluding carboxylic acids is 3. The summed E-state index contributed by atoms with van der Waals surface area (Å²) < 4.78 is 10.3. The van der Waals surface area contributed by atoms with Crippen molar-refractivity contribution in [1.82, 2.24) is 5.16 Å². The average molecular weight is 385 g/mol. The van der Waals surface area contributed by atoms with Crippen LogP contribution < -0.4 is 10.2 Å². The van der Waals surface area contributed by atoms with Crippen LogP contribution in [0.5, 0.6) is 0 Å². The highest BCUT2D eigenvalue weighted by molar-refractivity contribution is 6.05. The second-order valence-corrected chi connectivity index (χ2v) is 6.85. The Balaban J connectivity index is 1.62. The van der Waals surface area contributed by atoms with Gasteiger partial charge in [-0.05, 0) is 39.3 Å². The van der Waals surface area contributed by atoms with E-state index in [0.717, 1.165) is 11.3 Å². The van der Waals surface area contributed by atoms with Gasteiger partial charge in [0.15, 0.2) is 6.61 Å². The summed E-state index contributed by atoms with van der Waals surface area (Å²) in [5.74, 6) is -0.333. The molecule has 8 nitrogen and oxygen atoms in total. The predicted octanol–water partition coefficient (Wildman–Crippen LogP) is 2.53. The lowest BCUT2D eigenvalue weighted by Crippen LogP contribution is -2.41. The number of carbonyl (C=O) groups is 3. The molecule has 0 bridgehead atoms. The lowest BCUT2D eigenvalue weighted by molar-refractivity contribution is -0.148. The first kappa shape index (κ1) is 19.6. The zero-order chi connectivity index (χ0) is 20.3. The van der Waals surface area contributed by atoms with E-state index < -0.39 is 5.97 Å². The van der Waals surface area contributed by atoms with Gasteiger partial charge in [-0.1, -0.05) is 17.3 Å². The molecular formula is C20H23N3O5. The second kappa shape index (κ2) is 8.24. The SMILES string of the molecule is Cc1noc(C)c1CCC(=O)OCC(=O)N1c2ccccc2NC(=O)C[C@H]1C. The van der Waals surface area contributed by atoms with Gasteiger partial charge < -0.3 is 19.5 Å². The number of anilines is 2. The third kappa shape index (κ3) is 4.21. The van der Waals surface area contributed by atoms with E-state index in [2.05, 4.69) is 10.5 Å². The van der Waals surface area contributed by atoms with Gasteiger partial charge in [0.25, 0.3) is 5.91 Å². The smallest absolute Gasteiger partial charge is 0.306 e. The Morgan fingerprint density at radius 1 is 1.32 bits per heavy atom. The number of benzene rings is 1. The number of esters is 1. The van der Waals surface area contributed by atoms with Crippen LogP contribution in [0.3, 0.4) is 0 Å². The third-order valence-corrected chi connectivity index (χ3v) is 4.74. The Bertz CT molecular complexity index is 885. The largest absolute Gasteiger partial charge is 0.456 e. The van der Waals surface area contributed by atoms with Crippen molar-refractivity contribution in [3.63, 3.8) is 0 Å². The number of rotatable bonds is 5. The molecule has 1 aromatic carbocycles. The van der Waals surface area contributed by atoms with Gasteiger partial charge in [0.1, 0.15) is 5.76 Å². The van der Waals surface area contributed by atoms with Crippen LogP contribution in [-0.4, -0.2) is 35.6 Å². The molecule has 0 saturated heterocycles. The molecule has 1 aliphatic rings. The van der Waals surface area contributed by atoms with Gasteiger partial charge in [0, 0.05) is 24.4 Å². The van der Waals surface area contributed by atoms with Gasteiger partial charge in [-0.15, -0.1) is 0 Å². The summed E-state index contributed by atoms with van der Waals surface area (Å²) in [5.41, 5.74) is 2.78. The van der Waals surface area contributed by atoms with Gasteiger partial charge >= 0.3 is 5.97 Å². The highest BCUT2D eigenvalue weighted by atomic mass is 16.5. The minimum absolute atomic E-state index is 0.127. The first-order valence-corrected chi connectivity index (χ1v) is 9.15. The summed E-state index contributed by atoms with van der Waals surface area (Å²) in [7, 11) is 0. The Labute approximate surface area is 162 Å². The maximum atomic E-state index is 12.8. The Hall–Kier alpha value is -3.16. The molecule has 0 aliphatic carbocycles. The minimum atomic E-state index is -0.474. The second-order valence-electron chi connectivity index (χ2n) is 6.85. The van der Waals surface area contributed by atoms with Gasteiger partial charge in [-0.25, -0.2) is 0 Å². The van der Waals surface area contributed by atoms with Crippen LogP contribution in [0.1, 0.15) is 36.8 Å². The topological polar surface area (TPSA) is 102 Å². The van der Waals surface area contributed by atoms with Crippen molar-refractivity contribution in [3.8, 4) is 0 Å². The number of aryl methyl sites for hydroxylation is 2. The van der Waals surface area contributed by atoms with Crippen LogP contribution in [0.25, 0.3) is 0 Å². The van der Waals surface area contributed by atoms with Crippen LogP contribution in [0.2, 0.25) is 0 Å². The molecule has 1 N–H and O–H groups in total. The molecule has 0 fully saturated rings. The monoisotopic (exact) mass is 385 g/mol. The van der Waals surface area contributed by atoms with Gasteiger partial charge in [-0.2, -0.15) is 0 Å². The van der Waals surface area contributed by atoms with E-state index in [1.165, 1.54) is 4.90 Å². The standard InChI is InChI=1S/C20H23N3O5/c1-12-10-18(24)21-16-6-4-5-7-17(16)23(12)19(25)11-27-20(26)9-8-15-13(2)22-28-14(15)3/h4-7,12H,8-11H2,1-3H3,(H,21,24)/t12-/m1/s1. The fourth-order valence-corrected chi connectivity index (χ4v) is 3.34. The molecule has 0 saturated carbocycles. The van der Waals surface area contributed by atoms with Crippen LogP contribution in [0, 0.1) is 13.8 Å². The van der Waals surface area contributed by atoms with Crippen molar-refractivity contribution in [2.75, 3.05) is 16.8 Å². The molecule has 2 aromatic rings. The number of fused-ring (bicyclic) bond motifs is 1. The average Bonchev–Trinajstić information content (AvgIpc) is 2.90. The van der Waals surface area contributed by atoms with E-state index in [4.69, 9.17) is 9.26 Å². The highest BCUT2D eigenvalue weighted by Crippen LogP contribution is 2.31. The molecular weight excluding hydrogens is 362 g/mol. The van der Waals surface area contributed by atoms with Crippen molar-refractivity contribution in [3.05, 3.63) is 41.3 Å². The molecule has 0 spiro atoms. The Morgan fingerprint density at radius 3 is 2.79 bits per heavy atom. The van der Waals surface area contributed by atoms with E-state index >= 15 is 0 Å². The zero-order valence-corrected chi connectivity index (χ0v) is 16.2. The van der Waals surface area contributed by atoms with E-state index in [1.54, 1.807) is 38.1 Å². The number of aromatic nitrogens is 1. The summed E-state index contributed by atoms with van der Waals surface area (Å²) in [6.45, 7) is 5.01. The molecule has 1 aliphatic heterocycles. The lowest BCUT2D eigenvalue weighted by Gasteiger charge is -2.27. The van der Waals surface area contributed by atoms with Crippen molar-refractivity contribution in [2.45, 2.75) is 46.1 Å². The van der Waals surface area contributed by atoms with Gasteiger partial charge in [-0.3, -0.25) is 14.4 Å². The molecule has 1 atom stereocenters. The van der Waals surface area contributed by atoms with Crippen LogP contribution in [0.4, 0.5) is 11.4 Å². The summed E-state index contributed by atoms with van der Waals surface area (Å²) >= 11 is 0. The molecule has 0 radical (unpaired) electrons. The molecule has 0 unspecified atom stereocenters. The molecule has 8 heteroatoms. The normalized spacial score (nSPS) is 16.2. The number of nitrogens with zero attached hydrogens (tertiary/aromatic N) is 2. The third-order valence-electron chi connectivity index (χ3n) is 4.74. The molecule has 3 rings (SSSR count). The molecule has 28 heavy (non-hydrogen) atoms. The maximum Gasteiger partial charge on any atom is 0.306 e. The summed E-state index contributed by atoms with van der Waals surface area (Å²) in [5, 5.41) is 6.65. The van der Waals surface area contributed by atoms with Crippen LogP contribution in [-0.2, 0) is 25.5 Å². The van der Waals surface area contributed by atoms with E-state index in [-0.39, 0.29) is 37.3 Å². The van der Waals surface area contributed by atoms with E-state index in [0.29, 0.717) is 23.6 Å². The highest BCUT2D eigenvalue weighted by Gasteiger charge is 2.30. The van der Waals surface area contributed by atoms with E-state index in [9.17, 15) is 14.4 Å². The van der Waals surface area contributed by atoms with Crippen molar-refractivity contribution in [2.24, 2.45) is 0 Å². The summed E-state index contributed by atoms with van der Waals surface area (Å²) in [6.07, 6.45) is 0.734. The fraction of sp³-hybridized carbons (Fsp3) is 0.400. The van der Waals surface area contributed by atoms with Gasteiger partial charge in [0.2, 0.25) is 5.91 Å². The Kier molecular flexibility index (Phi) is 5.77. The van der Waals surface area contributed by atoms with Crippen LogP contribution in [0.15, 0.2) is 28.8 Å². The number of hydrogen-bond acceptors (Lipinski definition) is 6. The number of para-hydroxylation sites is 2. The van der Waals surface area contributed by atoms with Crippen molar-refractivity contribution < 1.29 is 23.6 Å². The quantitative estimate of drug-likeness (QED) is 0.794. The minimum Gasteiger partial charge on any atom is -0.456 e. The maximum absolute atomic E-state index is 12.8. The molecule has 2 amide bonds. The zero-order valence-electron chi connectivity index (χ0n) is 16.2. The number of nitrogens with one attached hydrogen (secondary N) is 1. The lowest BCUT2D eigenvalue weighted by atomic mass is 10.1. The van der Waals surface area contributed by atoms with E-state index in [1.807, 2.05) is 6.92 Å².